The van der Waals surface area contributed by atoms with Crippen LogP contribution in [0.5, 0.6) is 5.75 Å². The molecule has 2 aromatic carbocycles. The molecule has 28 heavy (non-hydrogen) atoms. The second-order valence-corrected chi connectivity index (χ2v) is 6.24. The van der Waals surface area contributed by atoms with Gasteiger partial charge in [0.25, 0.3) is 5.91 Å². The molecule has 0 unspecified atom stereocenters. The Morgan fingerprint density at radius 1 is 1.21 bits per heavy atom. The molecule has 0 saturated heterocycles. The Morgan fingerprint density at radius 2 is 1.93 bits per heavy atom. The van der Waals surface area contributed by atoms with E-state index < -0.39 is 0 Å². The summed E-state index contributed by atoms with van der Waals surface area (Å²) < 4.78 is 6.86. The van der Waals surface area contributed by atoms with Crippen molar-refractivity contribution in [1.29, 1.82) is 0 Å². The molecule has 0 fully saturated rings. The molecular formula is C20H20ClN5O2. The van der Waals surface area contributed by atoms with Gasteiger partial charge in [-0.05, 0) is 31.2 Å². The van der Waals surface area contributed by atoms with Crippen molar-refractivity contribution in [2.75, 3.05) is 19.0 Å². The number of amides is 1. The van der Waals surface area contributed by atoms with Crippen LogP contribution in [0.3, 0.4) is 0 Å². The van der Waals surface area contributed by atoms with Gasteiger partial charge in [-0.15, -0.1) is 0 Å². The SMILES string of the molecule is COc1ccccc1NCC(=O)N/N=C\c1c(C)nn(-c2ccccc2)c1Cl. The number of aryl methyl sites for hydroxylation is 1. The number of ether oxygens (including phenoxy) is 1. The molecular weight excluding hydrogens is 378 g/mol. The summed E-state index contributed by atoms with van der Waals surface area (Å²) in [6, 6.07) is 16.9. The number of carbonyl (C=O) groups is 1. The lowest BCUT2D eigenvalue weighted by Crippen LogP contribution is -2.26. The second kappa shape index (κ2) is 9.05. The quantitative estimate of drug-likeness (QED) is 0.473. The zero-order chi connectivity index (χ0) is 19.9. The number of anilines is 1. The fourth-order valence-corrected chi connectivity index (χ4v) is 2.89. The third-order valence-corrected chi connectivity index (χ3v) is 4.34. The first-order valence-corrected chi connectivity index (χ1v) is 8.97. The minimum atomic E-state index is -0.300. The first-order chi connectivity index (χ1) is 13.6. The van der Waals surface area contributed by atoms with E-state index in [0.717, 1.165) is 11.4 Å². The molecule has 0 radical (unpaired) electrons. The van der Waals surface area contributed by atoms with Crippen LogP contribution in [0.2, 0.25) is 5.15 Å². The van der Waals surface area contributed by atoms with Crippen molar-refractivity contribution >= 4 is 29.4 Å². The van der Waals surface area contributed by atoms with Crippen LogP contribution < -0.4 is 15.5 Å². The lowest BCUT2D eigenvalue weighted by Gasteiger charge is -2.09. The van der Waals surface area contributed by atoms with E-state index in [-0.39, 0.29) is 12.5 Å². The molecule has 1 amide bonds. The summed E-state index contributed by atoms with van der Waals surface area (Å²) in [5.74, 6) is 0.362. The zero-order valence-electron chi connectivity index (χ0n) is 15.5. The summed E-state index contributed by atoms with van der Waals surface area (Å²) in [7, 11) is 1.58. The number of aromatic nitrogens is 2. The van der Waals surface area contributed by atoms with E-state index in [4.69, 9.17) is 16.3 Å². The van der Waals surface area contributed by atoms with Gasteiger partial charge in [-0.2, -0.15) is 10.2 Å². The zero-order valence-corrected chi connectivity index (χ0v) is 16.3. The number of rotatable bonds is 7. The highest BCUT2D eigenvalue weighted by Crippen LogP contribution is 2.23. The van der Waals surface area contributed by atoms with Gasteiger partial charge >= 0.3 is 0 Å². The van der Waals surface area contributed by atoms with Crippen LogP contribution in [0, 0.1) is 6.92 Å². The van der Waals surface area contributed by atoms with Gasteiger partial charge in [0, 0.05) is 0 Å². The Bertz CT molecular complexity index is 986. The number of hydrogen-bond acceptors (Lipinski definition) is 5. The number of nitrogens with one attached hydrogen (secondary N) is 2. The summed E-state index contributed by atoms with van der Waals surface area (Å²) in [5.41, 5.74) is 5.40. The van der Waals surface area contributed by atoms with Gasteiger partial charge in [0.1, 0.15) is 10.9 Å². The molecule has 0 bridgehead atoms. The summed E-state index contributed by atoms with van der Waals surface area (Å²) in [6.45, 7) is 1.88. The summed E-state index contributed by atoms with van der Waals surface area (Å²) in [4.78, 5) is 12.0. The largest absolute Gasteiger partial charge is 0.495 e. The standard InChI is InChI=1S/C20H20ClN5O2/c1-14-16(20(21)26(25-14)15-8-4-3-5-9-15)12-23-24-19(27)13-22-17-10-6-7-11-18(17)28-2/h3-12,22H,13H2,1-2H3,(H,24,27)/b23-12-. The van der Waals surface area contributed by atoms with E-state index in [1.54, 1.807) is 11.8 Å². The Kier molecular flexibility index (Phi) is 6.29. The first kappa shape index (κ1) is 19.4. The van der Waals surface area contributed by atoms with Crippen molar-refractivity contribution in [3.63, 3.8) is 0 Å². The van der Waals surface area contributed by atoms with Crippen molar-refractivity contribution < 1.29 is 9.53 Å². The number of hydrazone groups is 1. The van der Waals surface area contributed by atoms with E-state index in [1.165, 1.54) is 6.21 Å². The third kappa shape index (κ3) is 4.50. The van der Waals surface area contributed by atoms with Crippen molar-refractivity contribution in [2.24, 2.45) is 5.10 Å². The molecule has 1 aromatic heterocycles. The monoisotopic (exact) mass is 397 g/mol. The second-order valence-electron chi connectivity index (χ2n) is 5.88. The van der Waals surface area contributed by atoms with Crippen LogP contribution in [0.4, 0.5) is 5.69 Å². The Hall–Kier alpha value is -3.32. The number of benzene rings is 2. The smallest absolute Gasteiger partial charge is 0.259 e. The van der Waals surface area contributed by atoms with E-state index in [0.29, 0.717) is 22.2 Å². The van der Waals surface area contributed by atoms with Crippen LogP contribution in [0.15, 0.2) is 59.7 Å². The molecule has 0 atom stereocenters. The average molecular weight is 398 g/mol. The lowest BCUT2D eigenvalue weighted by atomic mass is 10.3. The molecule has 3 aromatic rings. The van der Waals surface area contributed by atoms with Crippen molar-refractivity contribution in [1.82, 2.24) is 15.2 Å². The van der Waals surface area contributed by atoms with Crippen molar-refractivity contribution in [2.45, 2.75) is 6.92 Å². The maximum atomic E-state index is 12.0. The van der Waals surface area contributed by atoms with Crippen molar-refractivity contribution in [3.8, 4) is 11.4 Å². The van der Waals surface area contributed by atoms with E-state index in [2.05, 4.69) is 20.9 Å². The van der Waals surface area contributed by atoms with Gasteiger partial charge in [0.2, 0.25) is 0 Å². The molecule has 144 valence electrons. The third-order valence-electron chi connectivity index (χ3n) is 3.98. The van der Waals surface area contributed by atoms with Gasteiger partial charge in [0.15, 0.2) is 0 Å². The topological polar surface area (TPSA) is 80.5 Å². The van der Waals surface area contributed by atoms with E-state index >= 15 is 0 Å². The van der Waals surface area contributed by atoms with Gasteiger partial charge in [-0.1, -0.05) is 41.9 Å². The molecule has 8 heteroatoms. The van der Waals surface area contributed by atoms with Crippen LogP contribution in [-0.4, -0.2) is 35.6 Å². The van der Waals surface area contributed by atoms with E-state index in [1.807, 2.05) is 61.5 Å². The Balaban J connectivity index is 1.62. The van der Waals surface area contributed by atoms with Crippen LogP contribution in [0.25, 0.3) is 5.69 Å². The van der Waals surface area contributed by atoms with Gasteiger partial charge in [-0.25, -0.2) is 10.1 Å². The number of methoxy groups -OCH3 is 1. The lowest BCUT2D eigenvalue weighted by molar-refractivity contribution is -0.119. The highest BCUT2D eigenvalue weighted by Gasteiger charge is 2.13. The molecule has 0 spiro atoms. The van der Waals surface area contributed by atoms with Crippen molar-refractivity contribution in [3.05, 3.63) is 71.0 Å². The minimum absolute atomic E-state index is 0.0493. The van der Waals surface area contributed by atoms with Gasteiger partial charge < -0.3 is 10.1 Å². The highest BCUT2D eigenvalue weighted by molar-refractivity contribution is 6.32. The summed E-state index contributed by atoms with van der Waals surface area (Å²) >= 11 is 6.42. The van der Waals surface area contributed by atoms with Crippen LogP contribution in [0.1, 0.15) is 11.3 Å². The minimum Gasteiger partial charge on any atom is -0.495 e. The summed E-state index contributed by atoms with van der Waals surface area (Å²) in [6.07, 6.45) is 1.49. The van der Waals surface area contributed by atoms with Crippen LogP contribution in [-0.2, 0) is 4.79 Å². The number of para-hydroxylation sites is 3. The first-order valence-electron chi connectivity index (χ1n) is 8.59. The van der Waals surface area contributed by atoms with Gasteiger partial charge in [0.05, 0.1) is 42.5 Å². The number of carbonyl (C=O) groups excluding carboxylic acids is 1. The molecule has 3 rings (SSSR count). The number of nitrogens with zero attached hydrogens (tertiary/aromatic N) is 3. The predicted octanol–water partition coefficient (Wildman–Crippen LogP) is 3.40. The Labute approximate surface area is 168 Å². The Morgan fingerprint density at radius 3 is 2.68 bits per heavy atom. The molecule has 0 aliphatic rings. The molecule has 7 nitrogen and oxygen atoms in total. The highest BCUT2D eigenvalue weighted by atomic mass is 35.5. The van der Waals surface area contributed by atoms with E-state index in [9.17, 15) is 4.79 Å². The average Bonchev–Trinajstić information content (AvgIpc) is 3.01. The maximum Gasteiger partial charge on any atom is 0.259 e. The van der Waals surface area contributed by atoms with Gasteiger partial charge in [-0.3, -0.25) is 4.79 Å². The number of hydrogen-bond donors (Lipinski definition) is 2. The van der Waals surface area contributed by atoms with Crippen LogP contribution >= 0.6 is 11.6 Å². The molecule has 0 aliphatic heterocycles. The predicted molar refractivity (Wildman–Crippen MR) is 111 cm³/mol. The maximum absolute atomic E-state index is 12.0. The molecule has 0 aliphatic carbocycles. The summed E-state index contributed by atoms with van der Waals surface area (Å²) in [5, 5.41) is 11.9. The fourth-order valence-electron chi connectivity index (χ4n) is 2.57. The molecule has 2 N–H and O–H groups in total. The fraction of sp³-hybridized carbons (Fsp3) is 0.150. The number of halogens is 1. The molecule has 0 saturated carbocycles. The molecule has 1 heterocycles. The normalized spacial score (nSPS) is 10.8.